The first kappa shape index (κ1) is 12.2. The molecule has 84 valence electrons. The number of hydrogen-bond donors (Lipinski definition) is 1. The Labute approximate surface area is 97.8 Å². The second-order valence-electron chi connectivity index (χ2n) is 3.41. The summed E-state index contributed by atoms with van der Waals surface area (Å²) in [6, 6.07) is 0.376. The van der Waals surface area contributed by atoms with Gasteiger partial charge in [0.25, 0.3) is 5.56 Å². The third kappa shape index (κ3) is 2.59. The van der Waals surface area contributed by atoms with Gasteiger partial charge in [0.15, 0.2) is 5.82 Å². The predicted octanol–water partition coefficient (Wildman–Crippen LogP) is 2.16. The zero-order chi connectivity index (χ0) is 11.4. The molecule has 5 heteroatoms. The van der Waals surface area contributed by atoms with Gasteiger partial charge in [-0.1, -0.05) is 6.92 Å². The number of aromatic amines is 1. The van der Waals surface area contributed by atoms with Gasteiger partial charge in [-0.2, -0.15) is 0 Å². The summed E-state index contributed by atoms with van der Waals surface area (Å²) < 4.78 is 0.507. The van der Waals surface area contributed by atoms with E-state index in [1.807, 2.05) is 0 Å². The number of halogens is 1. The van der Waals surface area contributed by atoms with Crippen molar-refractivity contribution in [2.75, 3.05) is 11.4 Å². The Kier molecular flexibility index (Phi) is 4.32. The summed E-state index contributed by atoms with van der Waals surface area (Å²) in [4.78, 5) is 20.3. The fourth-order valence-electron chi connectivity index (χ4n) is 1.46. The van der Waals surface area contributed by atoms with Gasteiger partial charge in [-0.3, -0.25) is 4.79 Å². The molecule has 1 N–H and O–H groups in total. The van der Waals surface area contributed by atoms with Gasteiger partial charge >= 0.3 is 0 Å². The van der Waals surface area contributed by atoms with Gasteiger partial charge in [0.05, 0.1) is 6.33 Å². The third-order valence-electron chi connectivity index (χ3n) is 2.51. The van der Waals surface area contributed by atoms with Gasteiger partial charge in [0.2, 0.25) is 0 Å². The molecular weight excluding hydrogens is 258 g/mol. The summed E-state index contributed by atoms with van der Waals surface area (Å²) >= 11 is 3.27. The van der Waals surface area contributed by atoms with Crippen molar-refractivity contribution in [2.45, 2.75) is 33.2 Å². The van der Waals surface area contributed by atoms with Crippen LogP contribution in [0.25, 0.3) is 0 Å². The fraction of sp³-hybridized carbons (Fsp3) is 0.600. The number of rotatable bonds is 4. The van der Waals surface area contributed by atoms with Crippen LogP contribution >= 0.6 is 15.9 Å². The number of nitrogens with zero attached hydrogens (tertiary/aromatic N) is 2. The van der Waals surface area contributed by atoms with Crippen molar-refractivity contribution >= 4 is 21.7 Å². The summed E-state index contributed by atoms with van der Waals surface area (Å²) in [5, 5.41) is 0. The van der Waals surface area contributed by atoms with E-state index in [4.69, 9.17) is 0 Å². The average Bonchev–Trinajstić information content (AvgIpc) is 2.24. The van der Waals surface area contributed by atoms with Crippen LogP contribution in [0.2, 0.25) is 0 Å². The lowest BCUT2D eigenvalue weighted by Gasteiger charge is -2.28. The molecule has 0 amide bonds. The molecule has 1 heterocycles. The average molecular weight is 274 g/mol. The summed E-state index contributed by atoms with van der Waals surface area (Å²) in [6.45, 7) is 7.14. The summed E-state index contributed by atoms with van der Waals surface area (Å²) in [6.07, 6.45) is 2.46. The molecule has 1 unspecified atom stereocenters. The number of H-pyrrole nitrogens is 1. The molecule has 15 heavy (non-hydrogen) atoms. The van der Waals surface area contributed by atoms with Crippen molar-refractivity contribution in [3.63, 3.8) is 0 Å². The van der Waals surface area contributed by atoms with E-state index >= 15 is 0 Å². The first-order valence-corrected chi connectivity index (χ1v) is 5.90. The number of hydrogen-bond acceptors (Lipinski definition) is 3. The molecule has 1 aromatic rings. The fourth-order valence-corrected chi connectivity index (χ4v) is 1.91. The van der Waals surface area contributed by atoms with E-state index in [1.165, 1.54) is 6.33 Å². The topological polar surface area (TPSA) is 49.0 Å². The van der Waals surface area contributed by atoms with Crippen LogP contribution in [-0.2, 0) is 0 Å². The Morgan fingerprint density at radius 1 is 1.60 bits per heavy atom. The molecule has 0 aliphatic heterocycles. The molecule has 0 aliphatic carbocycles. The van der Waals surface area contributed by atoms with Crippen molar-refractivity contribution in [2.24, 2.45) is 0 Å². The Bertz CT molecular complexity index is 377. The van der Waals surface area contributed by atoms with E-state index in [-0.39, 0.29) is 5.56 Å². The lowest BCUT2D eigenvalue weighted by Crippen LogP contribution is -2.34. The molecule has 0 aliphatic rings. The molecule has 1 rings (SSSR count). The lowest BCUT2D eigenvalue weighted by atomic mass is 10.2. The van der Waals surface area contributed by atoms with Crippen molar-refractivity contribution in [1.82, 2.24) is 9.97 Å². The van der Waals surface area contributed by atoms with Crippen molar-refractivity contribution in [3.8, 4) is 0 Å². The highest BCUT2D eigenvalue weighted by Crippen LogP contribution is 2.21. The van der Waals surface area contributed by atoms with Gasteiger partial charge in [0, 0.05) is 12.6 Å². The maximum Gasteiger partial charge on any atom is 0.267 e. The monoisotopic (exact) mass is 273 g/mol. The normalized spacial score (nSPS) is 12.5. The number of anilines is 1. The zero-order valence-electron chi connectivity index (χ0n) is 9.25. The number of nitrogens with one attached hydrogen (secondary N) is 1. The van der Waals surface area contributed by atoms with Gasteiger partial charge in [-0.05, 0) is 36.2 Å². The second kappa shape index (κ2) is 5.30. The van der Waals surface area contributed by atoms with Crippen LogP contribution in [0.5, 0.6) is 0 Å². The number of aromatic nitrogens is 2. The first-order chi connectivity index (χ1) is 7.11. The van der Waals surface area contributed by atoms with Crippen LogP contribution in [0, 0.1) is 0 Å². The standard InChI is InChI=1S/C10H16BrN3O/c1-4-7(3)14(5-2)9-8(11)10(15)13-6-12-9/h6-7H,4-5H2,1-3H3,(H,12,13,15). The van der Waals surface area contributed by atoms with Crippen molar-refractivity contribution in [3.05, 3.63) is 21.2 Å². The maximum absolute atomic E-state index is 11.4. The summed E-state index contributed by atoms with van der Waals surface area (Å²) in [5.74, 6) is 0.718. The van der Waals surface area contributed by atoms with Gasteiger partial charge in [0.1, 0.15) is 4.47 Å². The minimum absolute atomic E-state index is 0.137. The lowest BCUT2D eigenvalue weighted by molar-refractivity contribution is 0.620. The molecule has 0 saturated heterocycles. The van der Waals surface area contributed by atoms with E-state index in [0.29, 0.717) is 10.5 Å². The van der Waals surface area contributed by atoms with Crippen LogP contribution in [0.3, 0.4) is 0 Å². The molecular formula is C10H16BrN3O. The largest absolute Gasteiger partial charge is 0.353 e. The highest BCUT2D eigenvalue weighted by atomic mass is 79.9. The van der Waals surface area contributed by atoms with Crippen LogP contribution in [-0.4, -0.2) is 22.6 Å². The van der Waals surface area contributed by atoms with Crippen LogP contribution in [0.15, 0.2) is 15.6 Å². The SMILES string of the molecule is CCC(C)N(CC)c1nc[nH]c(=O)c1Br. The van der Waals surface area contributed by atoms with Gasteiger partial charge < -0.3 is 9.88 Å². The smallest absolute Gasteiger partial charge is 0.267 e. The van der Waals surface area contributed by atoms with Gasteiger partial charge in [-0.15, -0.1) is 0 Å². The Balaban J connectivity index is 3.12. The highest BCUT2D eigenvalue weighted by Gasteiger charge is 2.16. The van der Waals surface area contributed by atoms with Crippen LogP contribution < -0.4 is 10.5 Å². The van der Waals surface area contributed by atoms with E-state index in [1.54, 1.807) is 0 Å². The minimum atomic E-state index is -0.137. The maximum atomic E-state index is 11.4. The third-order valence-corrected chi connectivity index (χ3v) is 3.23. The van der Waals surface area contributed by atoms with E-state index < -0.39 is 0 Å². The molecule has 1 aromatic heterocycles. The first-order valence-electron chi connectivity index (χ1n) is 5.11. The van der Waals surface area contributed by atoms with E-state index in [2.05, 4.69) is 51.6 Å². The predicted molar refractivity (Wildman–Crippen MR) is 65.3 cm³/mol. The second-order valence-corrected chi connectivity index (χ2v) is 4.21. The highest BCUT2D eigenvalue weighted by molar-refractivity contribution is 9.10. The summed E-state index contributed by atoms with van der Waals surface area (Å²) in [5.41, 5.74) is -0.137. The Morgan fingerprint density at radius 2 is 2.27 bits per heavy atom. The molecule has 0 spiro atoms. The molecule has 0 saturated carbocycles. The summed E-state index contributed by atoms with van der Waals surface area (Å²) in [7, 11) is 0. The molecule has 4 nitrogen and oxygen atoms in total. The van der Waals surface area contributed by atoms with E-state index in [9.17, 15) is 4.79 Å². The Hall–Kier alpha value is -0.840. The van der Waals surface area contributed by atoms with Crippen LogP contribution in [0.4, 0.5) is 5.82 Å². The minimum Gasteiger partial charge on any atom is -0.353 e. The molecule has 0 fully saturated rings. The van der Waals surface area contributed by atoms with E-state index in [0.717, 1.165) is 18.8 Å². The molecule has 1 atom stereocenters. The Morgan fingerprint density at radius 3 is 2.80 bits per heavy atom. The zero-order valence-corrected chi connectivity index (χ0v) is 10.8. The van der Waals surface area contributed by atoms with Crippen molar-refractivity contribution in [1.29, 1.82) is 0 Å². The van der Waals surface area contributed by atoms with Gasteiger partial charge in [-0.25, -0.2) is 4.98 Å². The van der Waals surface area contributed by atoms with Crippen molar-refractivity contribution < 1.29 is 0 Å². The molecule has 0 bridgehead atoms. The molecule has 0 radical (unpaired) electrons. The quantitative estimate of drug-likeness (QED) is 0.915. The molecule has 0 aromatic carbocycles. The van der Waals surface area contributed by atoms with Crippen LogP contribution in [0.1, 0.15) is 27.2 Å².